The Labute approximate surface area is 222 Å². The van der Waals surface area contributed by atoms with Crippen LogP contribution in [0.4, 0.5) is 4.39 Å². The Morgan fingerprint density at radius 3 is 1.59 bits per heavy atom. The fraction of sp³-hybridized carbons (Fsp3) is 0.800. The second-order valence-corrected chi connectivity index (χ2v) is 11.4. The summed E-state index contributed by atoms with van der Waals surface area (Å²) in [4.78, 5) is 22.5. The van der Waals surface area contributed by atoms with Crippen LogP contribution in [0.5, 0.6) is 0 Å². The molecule has 6 nitrogen and oxygen atoms in total. The first-order chi connectivity index (χ1) is 17.8. The van der Waals surface area contributed by atoms with E-state index in [1.54, 1.807) is 0 Å². The van der Waals surface area contributed by atoms with Crippen LogP contribution in [0.1, 0.15) is 84.5 Å². The molecular weight excluding hydrogens is 475 g/mol. The molecule has 3 saturated carbocycles. The maximum absolute atomic E-state index is 15.4. The van der Waals surface area contributed by atoms with Gasteiger partial charge in [-0.1, -0.05) is 13.2 Å². The van der Waals surface area contributed by atoms with Crippen molar-refractivity contribution in [2.45, 2.75) is 115 Å². The van der Waals surface area contributed by atoms with Gasteiger partial charge in [0.15, 0.2) is 0 Å². The number of carbonyl (C=O) groups is 2. The van der Waals surface area contributed by atoms with Crippen molar-refractivity contribution in [3.63, 3.8) is 0 Å². The van der Waals surface area contributed by atoms with Crippen LogP contribution >= 0.6 is 0 Å². The molecule has 7 heteroatoms. The van der Waals surface area contributed by atoms with Crippen molar-refractivity contribution in [1.29, 1.82) is 0 Å². The van der Waals surface area contributed by atoms with Crippen LogP contribution in [0.25, 0.3) is 0 Å². The minimum absolute atomic E-state index is 0.130. The van der Waals surface area contributed by atoms with Gasteiger partial charge in [0.05, 0.1) is 24.4 Å². The molecule has 0 spiro atoms. The molecule has 0 N–H and O–H groups in total. The Kier molecular flexibility index (Phi) is 12.1. The Hall–Kier alpha value is -1.73. The van der Waals surface area contributed by atoms with Gasteiger partial charge in [-0.2, -0.15) is 0 Å². The molecule has 0 amide bonds. The van der Waals surface area contributed by atoms with E-state index < -0.39 is 18.1 Å². The summed E-state index contributed by atoms with van der Waals surface area (Å²) in [7, 11) is 0. The molecule has 3 aliphatic rings. The fourth-order valence-corrected chi connectivity index (χ4v) is 6.73. The van der Waals surface area contributed by atoms with Gasteiger partial charge >= 0.3 is 11.9 Å². The first-order valence-electron chi connectivity index (χ1n) is 14.3. The molecule has 37 heavy (non-hydrogen) atoms. The zero-order valence-corrected chi connectivity index (χ0v) is 22.8. The molecule has 0 radical (unpaired) electrons. The maximum atomic E-state index is 15.4. The summed E-state index contributed by atoms with van der Waals surface area (Å²) in [5.74, 6) is 0.858. The number of carbonyl (C=O) groups excluding carboxylic acids is 2. The topological polar surface area (TPSA) is 71.1 Å². The van der Waals surface area contributed by atoms with E-state index in [0.717, 1.165) is 70.3 Å². The molecule has 0 saturated heterocycles. The number of halogens is 1. The average Bonchev–Trinajstić information content (AvgIpc) is 2.91. The average molecular weight is 523 g/mol. The molecule has 0 bridgehead atoms. The van der Waals surface area contributed by atoms with E-state index in [1.807, 2.05) is 13.8 Å². The lowest BCUT2D eigenvalue weighted by Crippen LogP contribution is -2.38. The van der Waals surface area contributed by atoms with Gasteiger partial charge in [0.25, 0.3) is 0 Å². The molecule has 5 unspecified atom stereocenters. The number of esters is 2. The van der Waals surface area contributed by atoms with Crippen molar-refractivity contribution in [3.8, 4) is 0 Å². The Morgan fingerprint density at radius 1 is 0.730 bits per heavy atom. The van der Waals surface area contributed by atoms with E-state index in [2.05, 4.69) is 13.2 Å². The molecule has 0 heterocycles. The van der Waals surface area contributed by atoms with Gasteiger partial charge in [0.1, 0.15) is 19.4 Å². The van der Waals surface area contributed by atoms with Gasteiger partial charge in [-0.25, -0.2) is 14.0 Å². The minimum Gasteiger partial charge on any atom is -0.460 e. The van der Waals surface area contributed by atoms with Crippen LogP contribution in [0.3, 0.4) is 0 Å². The summed E-state index contributed by atoms with van der Waals surface area (Å²) < 4.78 is 37.7. The molecule has 3 fully saturated rings. The van der Waals surface area contributed by atoms with Gasteiger partial charge in [0.2, 0.25) is 0 Å². The van der Waals surface area contributed by atoms with Crippen molar-refractivity contribution < 1.29 is 32.9 Å². The molecule has 0 aliphatic heterocycles. The quantitative estimate of drug-likeness (QED) is 0.227. The van der Waals surface area contributed by atoms with Crippen LogP contribution in [0.2, 0.25) is 0 Å². The first kappa shape index (κ1) is 29.8. The maximum Gasteiger partial charge on any atom is 0.330 e. The molecule has 0 aromatic heterocycles. The second kappa shape index (κ2) is 15.0. The number of alkyl halides is 1. The highest BCUT2D eigenvalue weighted by atomic mass is 19.1. The minimum atomic E-state index is -0.702. The summed E-state index contributed by atoms with van der Waals surface area (Å²) in [5, 5.41) is 0. The lowest BCUT2D eigenvalue weighted by molar-refractivity contribution is -0.144. The van der Waals surface area contributed by atoms with Gasteiger partial charge in [0, 0.05) is 12.2 Å². The van der Waals surface area contributed by atoms with E-state index in [1.165, 1.54) is 6.08 Å². The number of hydrogen-bond acceptors (Lipinski definition) is 6. The zero-order valence-electron chi connectivity index (χ0n) is 22.8. The largest absolute Gasteiger partial charge is 0.460 e. The lowest BCUT2D eigenvalue weighted by Gasteiger charge is -2.43. The molecule has 210 valence electrons. The predicted molar refractivity (Wildman–Crippen MR) is 141 cm³/mol. The predicted octanol–water partition coefficient (Wildman–Crippen LogP) is 6.13. The van der Waals surface area contributed by atoms with Crippen molar-refractivity contribution >= 4 is 11.9 Å². The van der Waals surface area contributed by atoms with Crippen LogP contribution < -0.4 is 0 Å². The van der Waals surface area contributed by atoms with Crippen LogP contribution in [-0.4, -0.2) is 55.7 Å². The van der Waals surface area contributed by atoms with Gasteiger partial charge in [-0.15, -0.1) is 0 Å². The smallest absolute Gasteiger partial charge is 0.330 e. The van der Waals surface area contributed by atoms with E-state index in [9.17, 15) is 9.59 Å². The molecular formula is C30H47FO6. The molecule has 3 aliphatic carbocycles. The Morgan fingerprint density at radius 2 is 1.16 bits per heavy atom. The highest BCUT2D eigenvalue weighted by Crippen LogP contribution is 2.46. The van der Waals surface area contributed by atoms with Gasteiger partial charge in [-0.3, -0.25) is 0 Å². The fourth-order valence-electron chi connectivity index (χ4n) is 6.73. The molecule has 3 rings (SSSR count). The normalized spacial score (nSPS) is 34.1. The SMILES string of the molecule is C=CC(=O)OCC(C)OC1CCC(C2CCC(C3CCC(OC(C)COC(=O)C=C)CC3)C(F)C2)CC1. The summed E-state index contributed by atoms with van der Waals surface area (Å²) in [6.07, 6.45) is 12.7. The highest BCUT2D eigenvalue weighted by Gasteiger charge is 2.40. The summed E-state index contributed by atoms with van der Waals surface area (Å²) in [6, 6.07) is 0. The monoisotopic (exact) mass is 522 g/mol. The van der Waals surface area contributed by atoms with Gasteiger partial charge < -0.3 is 18.9 Å². The number of rotatable bonds is 12. The number of hydrogen-bond donors (Lipinski definition) is 0. The van der Waals surface area contributed by atoms with Crippen molar-refractivity contribution in [2.24, 2.45) is 23.7 Å². The molecule has 5 atom stereocenters. The van der Waals surface area contributed by atoms with Gasteiger partial charge in [-0.05, 0) is 108 Å². The third-order valence-electron chi connectivity index (χ3n) is 8.68. The standard InChI is InChI=1S/C30H47FO6/c1-5-29(32)34-18-20(3)36-25-12-7-22(8-13-25)24-11-16-27(28(31)17-24)23-9-14-26(15-10-23)37-21(4)19-35-30(33)6-2/h5-6,20-28H,1-2,7-19H2,3-4H3. The van der Waals surface area contributed by atoms with Crippen molar-refractivity contribution in [1.82, 2.24) is 0 Å². The van der Waals surface area contributed by atoms with Crippen LogP contribution in [0, 0.1) is 23.7 Å². The third kappa shape index (κ3) is 9.51. The summed E-state index contributed by atoms with van der Waals surface area (Å²) in [6.45, 7) is 11.1. The lowest BCUT2D eigenvalue weighted by atomic mass is 9.65. The van der Waals surface area contributed by atoms with Crippen LogP contribution in [-0.2, 0) is 28.5 Å². The van der Waals surface area contributed by atoms with E-state index in [0.29, 0.717) is 24.2 Å². The Bertz CT molecular complexity index is 740. The zero-order chi connectivity index (χ0) is 26.8. The van der Waals surface area contributed by atoms with E-state index >= 15 is 4.39 Å². The van der Waals surface area contributed by atoms with Crippen LogP contribution in [0.15, 0.2) is 25.3 Å². The van der Waals surface area contributed by atoms with Crippen molar-refractivity contribution in [3.05, 3.63) is 25.3 Å². The second-order valence-electron chi connectivity index (χ2n) is 11.4. The third-order valence-corrected chi connectivity index (χ3v) is 8.68. The molecule has 0 aromatic carbocycles. The Balaban J connectivity index is 1.33. The number of ether oxygens (including phenoxy) is 4. The molecule has 0 aromatic rings. The summed E-state index contributed by atoms with van der Waals surface area (Å²) in [5.41, 5.74) is 0. The highest BCUT2D eigenvalue weighted by molar-refractivity contribution is 5.81. The van der Waals surface area contributed by atoms with Crippen molar-refractivity contribution in [2.75, 3.05) is 13.2 Å². The van der Waals surface area contributed by atoms with E-state index in [-0.39, 0.29) is 43.5 Å². The summed E-state index contributed by atoms with van der Waals surface area (Å²) >= 11 is 0. The van der Waals surface area contributed by atoms with E-state index in [4.69, 9.17) is 18.9 Å². The first-order valence-corrected chi connectivity index (χ1v) is 14.3.